The van der Waals surface area contributed by atoms with Crippen molar-refractivity contribution in [3.63, 3.8) is 0 Å². The van der Waals surface area contributed by atoms with E-state index >= 15 is 0 Å². The summed E-state index contributed by atoms with van der Waals surface area (Å²) >= 11 is 0. The maximum Gasteiger partial charge on any atom is 0.254 e. The number of ether oxygens (including phenoxy) is 4. The summed E-state index contributed by atoms with van der Waals surface area (Å²) in [5.41, 5.74) is 1.04. The van der Waals surface area contributed by atoms with Crippen LogP contribution in [-0.4, -0.2) is 31.5 Å². The van der Waals surface area contributed by atoms with Gasteiger partial charge in [0, 0.05) is 5.56 Å². The fourth-order valence-corrected chi connectivity index (χ4v) is 2.46. The van der Waals surface area contributed by atoms with E-state index in [9.17, 15) is 0 Å². The molecule has 8 nitrogen and oxygen atoms in total. The highest BCUT2D eigenvalue weighted by Crippen LogP contribution is 2.40. The molecule has 0 N–H and O–H groups in total. The van der Waals surface area contributed by atoms with Gasteiger partial charge >= 0.3 is 0 Å². The van der Waals surface area contributed by atoms with Crippen LogP contribution in [-0.2, 0) is 6.61 Å². The summed E-state index contributed by atoms with van der Waals surface area (Å²) in [6, 6.07) is 12.4. The van der Waals surface area contributed by atoms with E-state index in [1.165, 1.54) is 21.3 Å². The number of benzene rings is 2. The van der Waals surface area contributed by atoms with Crippen molar-refractivity contribution in [3.05, 3.63) is 47.9 Å². The van der Waals surface area contributed by atoms with Crippen LogP contribution in [0.1, 0.15) is 11.5 Å². The third-order valence-corrected chi connectivity index (χ3v) is 3.74. The maximum absolute atomic E-state index is 9.09. The van der Waals surface area contributed by atoms with Crippen molar-refractivity contribution in [1.82, 2.24) is 10.2 Å². The summed E-state index contributed by atoms with van der Waals surface area (Å²) in [5.74, 6) is 2.43. The van der Waals surface area contributed by atoms with E-state index in [1.807, 2.05) is 0 Å². The SMILES string of the molecule is COc1cc(-c2nnc(COc3ccccc3C#N)o2)cc(OC)c1OC. The van der Waals surface area contributed by atoms with Gasteiger partial charge in [-0.2, -0.15) is 5.26 Å². The van der Waals surface area contributed by atoms with Gasteiger partial charge in [0.2, 0.25) is 11.6 Å². The highest BCUT2D eigenvalue weighted by atomic mass is 16.5. The topological polar surface area (TPSA) is 99.6 Å². The van der Waals surface area contributed by atoms with Crippen molar-refractivity contribution in [3.8, 4) is 40.5 Å². The van der Waals surface area contributed by atoms with E-state index < -0.39 is 0 Å². The Morgan fingerprint density at radius 2 is 1.67 bits per heavy atom. The first-order valence-corrected chi connectivity index (χ1v) is 7.94. The molecule has 0 radical (unpaired) electrons. The zero-order valence-electron chi connectivity index (χ0n) is 15.1. The van der Waals surface area contributed by atoms with Gasteiger partial charge in [0.05, 0.1) is 26.9 Å². The number of nitriles is 1. The normalized spacial score (nSPS) is 10.1. The molecular formula is C19H17N3O5. The first-order chi connectivity index (χ1) is 13.2. The van der Waals surface area contributed by atoms with Gasteiger partial charge in [0.15, 0.2) is 18.1 Å². The molecule has 1 heterocycles. The molecule has 0 saturated carbocycles. The molecule has 0 unspecified atom stereocenters. The summed E-state index contributed by atoms with van der Waals surface area (Å²) in [6.45, 7) is 0.0378. The molecule has 1 aromatic heterocycles. The van der Waals surface area contributed by atoms with E-state index in [4.69, 9.17) is 28.6 Å². The second-order valence-electron chi connectivity index (χ2n) is 5.31. The van der Waals surface area contributed by atoms with E-state index in [1.54, 1.807) is 36.4 Å². The lowest BCUT2D eigenvalue weighted by Crippen LogP contribution is -1.97. The molecule has 0 fully saturated rings. The molecule has 0 spiro atoms. The number of para-hydroxylation sites is 1. The fourth-order valence-electron chi connectivity index (χ4n) is 2.46. The molecule has 27 heavy (non-hydrogen) atoms. The highest BCUT2D eigenvalue weighted by Gasteiger charge is 2.17. The molecular weight excluding hydrogens is 350 g/mol. The lowest BCUT2D eigenvalue weighted by Gasteiger charge is -2.12. The average Bonchev–Trinajstić information content (AvgIpc) is 3.20. The molecule has 0 aliphatic carbocycles. The summed E-state index contributed by atoms with van der Waals surface area (Å²) in [5, 5.41) is 17.1. The van der Waals surface area contributed by atoms with E-state index in [0.29, 0.717) is 34.1 Å². The van der Waals surface area contributed by atoms with Crippen LogP contribution in [0, 0.1) is 11.3 Å². The Labute approximate surface area is 155 Å². The highest BCUT2D eigenvalue weighted by molar-refractivity contribution is 5.65. The van der Waals surface area contributed by atoms with Crippen LogP contribution in [0.4, 0.5) is 0 Å². The Kier molecular flexibility index (Phi) is 5.42. The van der Waals surface area contributed by atoms with E-state index in [2.05, 4.69) is 16.3 Å². The number of nitrogens with zero attached hydrogens (tertiary/aromatic N) is 3. The Morgan fingerprint density at radius 1 is 0.963 bits per heavy atom. The summed E-state index contributed by atoms with van der Waals surface area (Å²) in [7, 11) is 4.59. The van der Waals surface area contributed by atoms with Crippen LogP contribution in [0.2, 0.25) is 0 Å². The third kappa shape index (κ3) is 3.77. The minimum Gasteiger partial charge on any atom is -0.493 e. The van der Waals surface area contributed by atoms with Gasteiger partial charge in [-0.1, -0.05) is 12.1 Å². The Hall–Kier alpha value is -3.73. The summed E-state index contributed by atoms with van der Waals surface area (Å²) in [6.07, 6.45) is 0. The fraction of sp³-hybridized carbons (Fsp3) is 0.211. The second-order valence-corrected chi connectivity index (χ2v) is 5.31. The standard InChI is InChI=1S/C19H17N3O5/c1-23-15-8-13(9-16(24-2)18(15)25-3)19-22-21-17(27-19)11-26-14-7-5-4-6-12(14)10-20/h4-9H,11H2,1-3H3. The molecule has 0 aliphatic rings. The molecule has 0 aliphatic heterocycles. The first-order valence-electron chi connectivity index (χ1n) is 7.94. The number of hydrogen-bond acceptors (Lipinski definition) is 8. The Morgan fingerprint density at radius 3 is 2.30 bits per heavy atom. The molecule has 138 valence electrons. The van der Waals surface area contributed by atoms with Crippen molar-refractivity contribution in [2.45, 2.75) is 6.61 Å². The minimum atomic E-state index is 0.0378. The third-order valence-electron chi connectivity index (χ3n) is 3.74. The van der Waals surface area contributed by atoms with Crippen LogP contribution in [0.15, 0.2) is 40.8 Å². The molecule has 0 atom stereocenters. The zero-order chi connectivity index (χ0) is 19.2. The largest absolute Gasteiger partial charge is 0.493 e. The first kappa shape index (κ1) is 18.1. The van der Waals surface area contributed by atoms with Gasteiger partial charge in [-0.05, 0) is 24.3 Å². The molecule has 0 amide bonds. The number of hydrogen-bond donors (Lipinski definition) is 0. The average molecular weight is 367 g/mol. The quantitative estimate of drug-likeness (QED) is 0.627. The number of rotatable bonds is 7. The monoisotopic (exact) mass is 367 g/mol. The van der Waals surface area contributed by atoms with Gasteiger partial charge < -0.3 is 23.4 Å². The van der Waals surface area contributed by atoms with Crippen LogP contribution in [0.5, 0.6) is 23.0 Å². The zero-order valence-corrected chi connectivity index (χ0v) is 15.1. The lowest BCUT2D eigenvalue weighted by atomic mass is 10.2. The van der Waals surface area contributed by atoms with Gasteiger partial charge in [-0.25, -0.2) is 0 Å². The molecule has 0 bridgehead atoms. The molecule has 3 aromatic rings. The van der Waals surface area contributed by atoms with Crippen molar-refractivity contribution < 1.29 is 23.4 Å². The maximum atomic E-state index is 9.09. The molecule has 8 heteroatoms. The molecule has 2 aromatic carbocycles. The molecule has 0 saturated heterocycles. The van der Waals surface area contributed by atoms with Gasteiger partial charge in [-0.15, -0.1) is 10.2 Å². The molecule has 3 rings (SSSR count). The van der Waals surface area contributed by atoms with Crippen LogP contribution in [0.25, 0.3) is 11.5 Å². The smallest absolute Gasteiger partial charge is 0.254 e. The Bertz CT molecular complexity index is 952. The second kappa shape index (κ2) is 8.10. The van der Waals surface area contributed by atoms with Crippen LogP contribution >= 0.6 is 0 Å². The lowest BCUT2D eigenvalue weighted by molar-refractivity contribution is 0.264. The van der Waals surface area contributed by atoms with E-state index in [-0.39, 0.29) is 18.4 Å². The van der Waals surface area contributed by atoms with E-state index in [0.717, 1.165) is 0 Å². The van der Waals surface area contributed by atoms with Crippen molar-refractivity contribution in [2.75, 3.05) is 21.3 Å². The summed E-state index contributed by atoms with van der Waals surface area (Å²) in [4.78, 5) is 0. The van der Waals surface area contributed by atoms with Crippen molar-refractivity contribution >= 4 is 0 Å². The van der Waals surface area contributed by atoms with Gasteiger partial charge in [0.1, 0.15) is 11.8 Å². The van der Waals surface area contributed by atoms with Crippen molar-refractivity contribution in [2.24, 2.45) is 0 Å². The van der Waals surface area contributed by atoms with Crippen LogP contribution in [0.3, 0.4) is 0 Å². The van der Waals surface area contributed by atoms with Crippen molar-refractivity contribution in [1.29, 1.82) is 5.26 Å². The number of aromatic nitrogens is 2. The van der Waals surface area contributed by atoms with Crippen LogP contribution < -0.4 is 18.9 Å². The van der Waals surface area contributed by atoms with Gasteiger partial charge in [-0.3, -0.25) is 0 Å². The van der Waals surface area contributed by atoms with Gasteiger partial charge in [0.25, 0.3) is 5.89 Å². The Balaban J connectivity index is 1.82. The minimum absolute atomic E-state index is 0.0378. The predicted molar refractivity (Wildman–Crippen MR) is 94.9 cm³/mol. The summed E-state index contributed by atoms with van der Waals surface area (Å²) < 4.78 is 27.2. The predicted octanol–water partition coefficient (Wildman–Crippen LogP) is 3.21. The number of methoxy groups -OCH3 is 3.